The topological polar surface area (TPSA) is 6.48 Å². The molecule has 6 aromatic rings. The summed E-state index contributed by atoms with van der Waals surface area (Å²) in [5.41, 5.74) is 19.1. The van der Waals surface area contributed by atoms with Crippen LogP contribution in [0, 0.1) is 0 Å². The summed E-state index contributed by atoms with van der Waals surface area (Å²) in [5, 5.41) is 0. The molecule has 0 fully saturated rings. The first-order valence-electron chi connectivity index (χ1n) is 25.0. The number of hydrogen-bond donors (Lipinski definition) is 0. The zero-order valence-electron chi connectivity index (χ0n) is 40.0. The second-order valence-electron chi connectivity index (χ2n) is 18.5. The largest absolute Gasteiger partial charge is 0.335 e. The van der Waals surface area contributed by atoms with Crippen molar-refractivity contribution in [1.82, 2.24) is 0 Å². The molecular formula is C67H62N2. The van der Waals surface area contributed by atoms with Crippen molar-refractivity contribution in [3.8, 4) is 11.1 Å². The molecule has 0 amide bonds. The number of anilines is 4. The van der Waals surface area contributed by atoms with E-state index in [9.17, 15) is 0 Å². The van der Waals surface area contributed by atoms with Crippen LogP contribution in [0.5, 0.6) is 0 Å². The molecule has 2 heteroatoms. The van der Waals surface area contributed by atoms with Crippen LogP contribution in [-0.2, 0) is 0 Å². The van der Waals surface area contributed by atoms with Gasteiger partial charge in [0, 0.05) is 34.7 Å². The average Bonchev–Trinajstić information content (AvgIpc) is 3.43. The number of rotatable bonds is 14. The van der Waals surface area contributed by atoms with Crippen LogP contribution < -0.4 is 9.80 Å². The van der Waals surface area contributed by atoms with E-state index in [0.29, 0.717) is 5.92 Å². The molecule has 6 aromatic carbocycles. The number of allylic oxidation sites excluding steroid dienone is 17. The Balaban J connectivity index is 0.830. The van der Waals surface area contributed by atoms with Gasteiger partial charge >= 0.3 is 0 Å². The minimum Gasteiger partial charge on any atom is -0.335 e. The third kappa shape index (κ3) is 10.6. The van der Waals surface area contributed by atoms with Crippen molar-refractivity contribution >= 4 is 33.9 Å². The van der Waals surface area contributed by atoms with E-state index >= 15 is 0 Å². The van der Waals surface area contributed by atoms with Crippen molar-refractivity contribution in [3.05, 3.63) is 288 Å². The van der Waals surface area contributed by atoms with Crippen molar-refractivity contribution in [2.75, 3.05) is 9.80 Å². The first-order chi connectivity index (χ1) is 34.1. The Labute approximate surface area is 411 Å². The van der Waals surface area contributed by atoms with Crippen molar-refractivity contribution < 1.29 is 0 Å². The Hall–Kier alpha value is -7.68. The van der Waals surface area contributed by atoms with E-state index in [-0.39, 0.29) is 12.1 Å². The van der Waals surface area contributed by atoms with Crippen molar-refractivity contribution in [3.63, 3.8) is 0 Å². The molecule has 0 heterocycles. The van der Waals surface area contributed by atoms with Crippen LogP contribution in [0.4, 0.5) is 22.7 Å². The van der Waals surface area contributed by atoms with Crippen molar-refractivity contribution in [1.29, 1.82) is 0 Å². The minimum absolute atomic E-state index is 0.129. The van der Waals surface area contributed by atoms with Crippen LogP contribution in [0.15, 0.2) is 271 Å². The van der Waals surface area contributed by atoms with Gasteiger partial charge in [-0.3, -0.25) is 0 Å². The highest BCUT2D eigenvalue weighted by molar-refractivity contribution is 5.79. The summed E-state index contributed by atoms with van der Waals surface area (Å²) < 4.78 is 0. The van der Waals surface area contributed by atoms with Gasteiger partial charge in [0.2, 0.25) is 0 Å². The quantitative estimate of drug-likeness (QED) is 0.101. The van der Waals surface area contributed by atoms with E-state index < -0.39 is 0 Å². The summed E-state index contributed by atoms with van der Waals surface area (Å²) in [6.07, 6.45) is 39.3. The van der Waals surface area contributed by atoms with E-state index in [2.05, 4.69) is 273 Å². The van der Waals surface area contributed by atoms with Crippen molar-refractivity contribution in [2.45, 2.75) is 70.4 Å². The fourth-order valence-electron chi connectivity index (χ4n) is 10.3. The maximum atomic E-state index is 2.52. The normalized spacial score (nSPS) is 18.5. The van der Waals surface area contributed by atoms with Crippen LogP contribution in [0.2, 0.25) is 0 Å². The van der Waals surface area contributed by atoms with E-state index in [0.717, 1.165) is 38.5 Å². The molecule has 0 radical (unpaired) electrons. The Morgan fingerprint density at radius 2 is 1.19 bits per heavy atom. The van der Waals surface area contributed by atoms with E-state index in [1.54, 1.807) is 0 Å². The summed E-state index contributed by atoms with van der Waals surface area (Å²) in [6.45, 7) is 4.46. The van der Waals surface area contributed by atoms with Gasteiger partial charge in [0.1, 0.15) is 0 Å². The van der Waals surface area contributed by atoms with Gasteiger partial charge in [0.25, 0.3) is 0 Å². The molecule has 4 aliphatic rings. The van der Waals surface area contributed by atoms with Gasteiger partial charge in [-0.1, -0.05) is 200 Å². The first kappa shape index (κ1) is 45.1. The van der Waals surface area contributed by atoms with Gasteiger partial charge in [0.05, 0.1) is 6.04 Å². The lowest BCUT2D eigenvalue weighted by molar-refractivity contribution is 0.787. The molecule has 0 bridgehead atoms. The monoisotopic (exact) mass is 894 g/mol. The Kier molecular flexibility index (Phi) is 14.1. The van der Waals surface area contributed by atoms with Crippen LogP contribution in [0.3, 0.4) is 0 Å². The Morgan fingerprint density at radius 3 is 1.90 bits per heavy atom. The second kappa shape index (κ2) is 21.5. The van der Waals surface area contributed by atoms with E-state index in [4.69, 9.17) is 0 Å². The number of benzene rings is 6. The lowest BCUT2D eigenvalue weighted by Crippen LogP contribution is -2.30. The summed E-state index contributed by atoms with van der Waals surface area (Å²) in [5.74, 6) is 0.323. The molecule has 0 aromatic heterocycles. The summed E-state index contributed by atoms with van der Waals surface area (Å²) in [4.78, 5) is 4.91. The highest BCUT2D eigenvalue weighted by Gasteiger charge is 2.23. The first-order valence-corrected chi connectivity index (χ1v) is 25.0. The molecule has 0 spiro atoms. The maximum absolute atomic E-state index is 2.52. The molecule has 4 aliphatic carbocycles. The Bertz CT molecular complexity index is 3040. The molecule has 0 saturated carbocycles. The maximum Gasteiger partial charge on any atom is 0.0560 e. The van der Waals surface area contributed by atoms with E-state index in [1.165, 1.54) is 84.0 Å². The summed E-state index contributed by atoms with van der Waals surface area (Å²) >= 11 is 0. The molecule has 2 nitrogen and oxygen atoms in total. The molecule has 0 aliphatic heterocycles. The van der Waals surface area contributed by atoms with Gasteiger partial charge in [-0.15, -0.1) is 0 Å². The highest BCUT2D eigenvalue weighted by atomic mass is 15.2. The average molecular weight is 895 g/mol. The molecule has 340 valence electrons. The lowest BCUT2D eigenvalue weighted by Gasteiger charge is -2.33. The molecule has 3 atom stereocenters. The molecular weight excluding hydrogens is 833 g/mol. The smallest absolute Gasteiger partial charge is 0.0560 e. The third-order valence-electron chi connectivity index (χ3n) is 14.0. The lowest BCUT2D eigenvalue weighted by atomic mass is 9.83. The fourth-order valence-corrected chi connectivity index (χ4v) is 10.3. The molecule has 0 N–H and O–H groups in total. The number of nitrogens with zero attached hydrogens (tertiary/aromatic N) is 2. The molecule has 3 unspecified atom stereocenters. The van der Waals surface area contributed by atoms with Crippen LogP contribution in [0.25, 0.3) is 22.3 Å². The highest BCUT2D eigenvalue weighted by Crippen LogP contribution is 2.38. The predicted octanol–water partition coefficient (Wildman–Crippen LogP) is 18.0. The summed E-state index contributed by atoms with van der Waals surface area (Å²) in [7, 11) is 0. The van der Waals surface area contributed by atoms with Gasteiger partial charge in [-0.25, -0.2) is 0 Å². The molecule has 69 heavy (non-hydrogen) atoms. The van der Waals surface area contributed by atoms with E-state index in [1.807, 2.05) is 0 Å². The number of para-hydroxylation sites is 2. The minimum atomic E-state index is 0.129. The second-order valence-corrected chi connectivity index (χ2v) is 18.5. The molecule has 10 rings (SSSR count). The predicted molar refractivity (Wildman–Crippen MR) is 296 cm³/mol. The van der Waals surface area contributed by atoms with Gasteiger partial charge in [0.15, 0.2) is 0 Å². The number of hydrogen-bond acceptors (Lipinski definition) is 2. The van der Waals surface area contributed by atoms with Gasteiger partial charge in [-0.2, -0.15) is 0 Å². The molecule has 0 saturated heterocycles. The zero-order chi connectivity index (χ0) is 46.8. The standard InChI is InChI=1S/C67H62N2/c1-3-51(34-33-50(2)68(63-29-12-6-13-30-63)65-41-35-54(36-42-65)52-19-8-4-9-20-52)57-23-16-25-59(47-57)61-27-18-28-62(49-61)60-26-17-24-58(48-60)56-39-45-67(46-40-56)69(64-31-14-7-15-32-64)66-43-37-55(38-44-66)53-21-10-5-11-22-53/h3,5-8,10-15,17-24,26-27,29-45,47-50,62,67H,4,9,16,25,28,46H2,1-2H3/b34-33-,51-3+. The van der Waals surface area contributed by atoms with Gasteiger partial charge in [-0.05, 0) is 162 Å². The third-order valence-corrected chi connectivity index (χ3v) is 14.0. The van der Waals surface area contributed by atoms with Crippen LogP contribution in [0.1, 0.15) is 75.0 Å². The van der Waals surface area contributed by atoms with Crippen LogP contribution in [-0.4, -0.2) is 12.1 Å². The summed E-state index contributed by atoms with van der Waals surface area (Å²) in [6, 6.07) is 59.9. The SMILES string of the molecule is C/C=C(\C=C/C(C)N(c1ccccc1)c1ccc(C2=CCCC=C2)cc1)C1=CCCC(C2=CC(c3cccc(C4=CCC(N(c5ccccc5)c5ccc(-c6ccccc6)cc5)C=C4)c3)CC=C2)=C1. The Morgan fingerprint density at radius 1 is 0.551 bits per heavy atom. The zero-order valence-corrected chi connectivity index (χ0v) is 40.0. The van der Waals surface area contributed by atoms with Gasteiger partial charge < -0.3 is 9.80 Å². The van der Waals surface area contributed by atoms with Crippen molar-refractivity contribution in [2.24, 2.45) is 0 Å². The fraction of sp³-hybridized carbons (Fsp3) is 0.164. The van der Waals surface area contributed by atoms with Crippen LogP contribution >= 0.6 is 0 Å².